The Morgan fingerprint density at radius 3 is 1.51 bits per heavy atom. The first-order chi connectivity index (χ1) is 31.3. The van der Waals surface area contributed by atoms with Gasteiger partial charge in [0.05, 0.1) is 22.6 Å². The molecule has 1 aromatic heterocycles. The minimum Gasteiger partial charge on any atom is -0.338 e. The summed E-state index contributed by atoms with van der Waals surface area (Å²) >= 11 is 0. The fourth-order valence-electron chi connectivity index (χ4n) is 11.9. The first kappa shape index (κ1) is 45.3. The summed E-state index contributed by atoms with van der Waals surface area (Å²) < 4.78 is 2.72. The number of hydrogen-bond acceptors (Lipinski definition) is 2. The van der Waals surface area contributed by atoms with Crippen LogP contribution in [0.3, 0.4) is 0 Å². The highest BCUT2D eigenvalue weighted by Crippen LogP contribution is 2.53. The third-order valence-electron chi connectivity index (χ3n) is 16.2. The molecule has 2 aliphatic carbocycles. The summed E-state index contributed by atoms with van der Waals surface area (Å²) in [5, 5.41) is 4.13. The van der Waals surface area contributed by atoms with E-state index in [1.54, 1.807) is 0 Å². The summed E-state index contributed by atoms with van der Waals surface area (Å²) in [6, 6.07) is 40.6. The summed E-state index contributed by atoms with van der Waals surface area (Å²) in [6.07, 6.45) is 10.6. The molecule has 0 saturated heterocycles. The molecule has 0 radical (unpaired) electrons. The summed E-state index contributed by atoms with van der Waals surface area (Å²) in [5.41, 5.74) is 20.2. The van der Waals surface area contributed by atoms with E-state index in [4.69, 9.17) is 0 Å². The number of allylic oxidation sites excluding steroid dienone is 4. The molecular weight excluding hydrogens is 811 g/mol. The number of para-hydroxylation sites is 1. The molecule has 346 valence electrons. The van der Waals surface area contributed by atoms with E-state index in [1.807, 2.05) is 0 Å². The normalized spacial score (nSPS) is 18.3. The van der Waals surface area contributed by atoms with Crippen LogP contribution in [0.1, 0.15) is 163 Å². The van der Waals surface area contributed by atoms with Gasteiger partial charge in [-0.25, -0.2) is 0 Å². The Kier molecular flexibility index (Phi) is 10.1. The fraction of sp³-hybridized carbons (Fsp3) is 0.406. The Balaban J connectivity index is 1.27. The van der Waals surface area contributed by atoms with E-state index < -0.39 is 0 Å². The Morgan fingerprint density at radius 2 is 1.03 bits per heavy atom. The number of aromatic nitrogens is 1. The molecule has 5 aromatic carbocycles. The molecule has 10 rings (SSSR count). The zero-order valence-corrected chi connectivity index (χ0v) is 43.6. The smallest absolute Gasteiger partial charge is 0.0583 e. The maximum Gasteiger partial charge on any atom is 0.0583 e. The average molecular weight is 886 g/mol. The average Bonchev–Trinajstić information content (AvgIpc) is 3.58. The van der Waals surface area contributed by atoms with E-state index in [9.17, 15) is 0 Å². The molecule has 0 saturated carbocycles. The van der Waals surface area contributed by atoms with Crippen LogP contribution < -0.4 is 20.4 Å². The topological polar surface area (TPSA) is 11.4 Å². The van der Waals surface area contributed by atoms with E-state index in [0.29, 0.717) is 0 Å². The lowest BCUT2D eigenvalue weighted by Crippen LogP contribution is -2.49. The Bertz CT molecular complexity index is 3090. The first-order valence-corrected chi connectivity index (χ1v) is 25.2. The minimum atomic E-state index is -0.244. The lowest BCUT2D eigenvalue weighted by molar-refractivity contribution is 0.477. The van der Waals surface area contributed by atoms with Gasteiger partial charge in [0.15, 0.2) is 0 Å². The van der Waals surface area contributed by atoms with Crippen LogP contribution in [0.25, 0.3) is 28.2 Å². The second-order valence-electron chi connectivity index (χ2n) is 25.6. The van der Waals surface area contributed by atoms with E-state index in [0.717, 1.165) is 19.3 Å². The molecule has 1 atom stereocenters. The van der Waals surface area contributed by atoms with E-state index in [2.05, 4.69) is 247 Å². The van der Waals surface area contributed by atoms with Gasteiger partial charge in [0, 0.05) is 49.9 Å². The molecule has 3 heteroatoms. The number of rotatable bonds is 6. The van der Waals surface area contributed by atoms with Crippen molar-refractivity contribution in [3.63, 3.8) is 0 Å². The lowest BCUT2D eigenvalue weighted by atomic mass is 9.67. The van der Waals surface area contributed by atoms with Crippen LogP contribution in [-0.4, -0.2) is 10.6 Å². The first-order valence-electron chi connectivity index (χ1n) is 25.2. The molecule has 0 amide bonds. The highest BCUT2D eigenvalue weighted by atomic mass is 15.2. The molecule has 3 heterocycles. The van der Waals surface area contributed by atoms with Crippen LogP contribution >= 0.6 is 0 Å². The van der Waals surface area contributed by atoms with Crippen molar-refractivity contribution in [3.05, 3.63) is 170 Å². The van der Waals surface area contributed by atoms with Crippen molar-refractivity contribution < 1.29 is 0 Å². The standard InChI is InChI=1S/C64H75N3/c1-59(2,3)40-20-28-44(29-21-40)65(45-30-22-41(23-31-45)60(4,5)6)48-36-50-51-37-49(66(46-32-24-42(25-33-46)61(7,8)9)47-34-26-43(27-35-47)62(10,11)12)39-55-57(51)67-56(50)54(38-48)63(13,14)52-18-17-19-53(58(52)67)64(55,15)16/h17-26,28-34,36-38,49H,27,35,39H2,1-16H3. The molecule has 0 fully saturated rings. The Hall–Kier alpha value is -5.54. The molecular formula is C64H75N3. The van der Waals surface area contributed by atoms with Crippen LogP contribution in [0.5, 0.6) is 0 Å². The number of benzene rings is 5. The van der Waals surface area contributed by atoms with Gasteiger partial charge in [-0.15, -0.1) is 0 Å². The van der Waals surface area contributed by atoms with Crippen LogP contribution in [0.15, 0.2) is 127 Å². The van der Waals surface area contributed by atoms with Gasteiger partial charge in [-0.3, -0.25) is 0 Å². The predicted molar refractivity (Wildman–Crippen MR) is 289 cm³/mol. The van der Waals surface area contributed by atoms with Crippen molar-refractivity contribution in [1.29, 1.82) is 0 Å². The van der Waals surface area contributed by atoms with Gasteiger partial charge in [-0.1, -0.05) is 183 Å². The number of hydrogen-bond donors (Lipinski definition) is 0. The highest BCUT2D eigenvalue weighted by Gasteiger charge is 2.45. The van der Waals surface area contributed by atoms with Crippen LogP contribution in [0, 0.1) is 5.41 Å². The van der Waals surface area contributed by atoms with Crippen LogP contribution in [-0.2, 0) is 27.1 Å². The second-order valence-corrected chi connectivity index (χ2v) is 25.6. The third-order valence-corrected chi connectivity index (χ3v) is 16.2. The second kappa shape index (κ2) is 15.0. The Labute approximate surface area is 402 Å². The van der Waals surface area contributed by atoms with Gasteiger partial charge in [-0.2, -0.15) is 0 Å². The SMILES string of the molecule is CC(C)(C)C1=CC=C(N(c2ccc(C(C)(C)C)cc2)C2C=c3c4n5c6c(cc(N(c7ccc(C(C)(C)C)cc7)c7ccc(C(C)(C)C)cc7)cc36)C(C)(C)c3cccc(c3-5)C(C)(C)C=4C2)CC1. The summed E-state index contributed by atoms with van der Waals surface area (Å²) in [6.45, 7) is 37.8. The molecule has 6 aromatic rings. The van der Waals surface area contributed by atoms with Gasteiger partial charge >= 0.3 is 0 Å². The van der Waals surface area contributed by atoms with Crippen molar-refractivity contribution >= 4 is 45.3 Å². The maximum absolute atomic E-state index is 2.72. The van der Waals surface area contributed by atoms with Crippen molar-refractivity contribution in [3.8, 4) is 5.69 Å². The molecule has 67 heavy (non-hydrogen) atoms. The summed E-state index contributed by atoms with van der Waals surface area (Å²) in [5.74, 6) is 0. The predicted octanol–water partition coefficient (Wildman–Crippen LogP) is 15.8. The lowest BCUT2D eigenvalue weighted by Gasteiger charge is -2.45. The molecule has 3 nitrogen and oxygen atoms in total. The zero-order valence-electron chi connectivity index (χ0n) is 43.6. The van der Waals surface area contributed by atoms with E-state index >= 15 is 0 Å². The van der Waals surface area contributed by atoms with Crippen molar-refractivity contribution in [1.82, 2.24) is 4.57 Å². The number of anilines is 4. The van der Waals surface area contributed by atoms with Crippen molar-refractivity contribution in [2.45, 2.75) is 163 Å². The van der Waals surface area contributed by atoms with E-state index in [-0.39, 0.29) is 38.5 Å². The van der Waals surface area contributed by atoms with Gasteiger partial charge in [0.25, 0.3) is 0 Å². The molecule has 4 aliphatic rings. The zero-order chi connectivity index (χ0) is 48.0. The Morgan fingerprint density at radius 1 is 0.522 bits per heavy atom. The van der Waals surface area contributed by atoms with Crippen molar-refractivity contribution in [2.24, 2.45) is 5.41 Å². The van der Waals surface area contributed by atoms with Gasteiger partial charge in [-0.05, 0) is 134 Å². The molecule has 1 unspecified atom stereocenters. The van der Waals surface area contributed by atoms with Crippen LogP contribution in [0.2, 0.25) is 0 Å². The highest BCUT2D eigenvalue weighted by molar-refractivity contribution is 5.98. The van der Waals surface area contributed by atoms with Gasteiger partial charge in [0.1, 0.15) is 0 Å². The molecule has 0 bridgehead atoms. The summed E-state index contributed by atoms with van der Waals surface area (Å²) in [7, 11) is 0. The van der Waals surface area contributed by atoms with Crippen molar-refractivity contribution in [2.75, 3.05) is 9.80 Å². The maximum atomic E-state index is 2.72. The fourth-order valence-corrected chi connectivity index (χ4v) is 11.9. The largest absolute Gasteiger partial charge is 0.338 e. The molecule has 0 N–H and O–H groups in total. The third kappa shape index (κ3) is 7.28. The number of nitrogens with zero attached hydrogens (tertiary/aromatic N) is 3. The number of fused-ring (bicyclic) bond motifs is 1. The van der Waals surface area contributed by atoms with Gasteiger partial charge < -0.3 is 14.4 Å². The quantitative estimate of drug-likeness (QED) is 0.165. The van der Waals surface area contributed by atoms with Gasteiger partial charge in [0.2, 0.25) is 0 Å². The van der Waals surface area contributed by atoms with Crippen LogP contribution in [0.4, 0.5) is 22.7 Å². The molecule has 2 aliphatic heterocycles. The summed E-state index contributed by atoms with van der Waals surface area (Å²) in [4.78, 5) is 5.24. The van der Waals surface area contributed by atoms with E-state index in [1.165, 1.54) is 100 Å². The molecule has 0 spiro atoms. The minimum absolute atomic E-state index is 0.0566. The monoisotopic (exact) mass is 886 g/mol.